The molecule has 1 amide bonds. The molecule has 0 fully saturated rings. The van der Waals surface area contributed by atoms with E-state index < -0.39 is 0 Å². The lowest BCUT2D eigenvalue weighted by molar-refractivity contribution is 0.0955. The number of hydrogen-bond donors (Lipinski definition) is 2. The van der Waals surface area contributed by atoms with Crippen LogP contribution in [-0.4, -0.2) is 28.9 Å². The molecule has 6 nitrogen and oxygen atoms in total. The molecule has 0 aliphatic carbocycles. The van der Waals surface area contributed by atoms with Crippen LogP contribution in [0.25, 0.3) is 16.9 Å². The van der Waals surface area contributed by atoms with Gasteiger partial charge in [-0.3, -0.25) is 4.79 Å². The number of methoxy groups -OCH3 is 1. The number of amides is 1. The van der Waals surface area contributed by atoms with E-state index in [1.807, 2.05) is 30.3 Å². The summed E-state index contributed by atoms with van der Waals surface area (Å²) in [5, 5.41) is 13.8. The van der Waals surface area contributed by atoms with Gasteiger partial charge in [0.25, 0.3) is 5.91 Å². The van der Waals surface area contributed by atoms with Crippen LogP contribution < -0.4 is 10.2 Å². The predicted molar refractivity (Wildman–Crippen MR) is 126 cm³/mol. The van der Waals surface area contributed by atoms with Crippen LogP contribution in [0.3, 0.4) is 0 Å². The SMILES string of the molecule is COc1ccc(/C=N/NC(=O)c2ccc(-n3c(C)ccc3-c3ccccc3)cc2)cc1O. The second-order valence-corrected chi connectivity index (χ2v) is 7.24. The molecule has 160 valence electrons. The fourth-order valence-corrected chi connectivity index (χ4v) is 3.49. The normalized spacial score (nSPS) is 10.9. The number of phenolic OH excluding ortho intramolecular Hbond substituents is 1. The Kier molecular flexibility index (Phi) is 6.03. The minimum atomic E-state index is -0.321. The van der Waals surface area contributed by atoms with Crippen LogP contribution in [0.5, 0.6) is 11.5 Å². The molecule has 0 spiro atoms. The molecule has 6 heteroatoms. The Morgan fingerprint density at radius 1 is 1.00 bits per heavy atom. The molecular weight excluding hydrogens is 402 g/mol. The van der Waals surface area contributed by atoms with E-state index >= 15 is 0 Å². The molecule has 1 heterocycles. The topological polar surface area (TPSA) is 75.8 Å². The number of carbonyl (C=O) groups excluding carboxylic acids is 1. The number of carbonyl (C=O) groups is 1. The maximum Gasteiger partial charge on any atom is 0.271 e. The van der Waals surface area contributed by atoms with Crippen molar-refractivity contribution in [1.82, 2.24) is 9.99 Å². The van der Waals surface area contributed by atoms with Gasteiger partial charge in [0.05, 0.1) is 19.0 Å². The summed E-state index contributed by atoms with van der Waals surface area (Å²) in [7, 11) is 1.48. The van der Waals surface area contributed by atoms with Gasteiger partial charge >= 0.3 is 0 Å². The highest BCUT2D eigenvalue weighted by atomic mass is 16.5. The number of aromatic hydroxyl groups is 1. The number of phenols is 1. The van der Waals surface area contributed by atoms with Gasteiger partial charge in [0.15, 0.2) is 11.5 Å². The maximum atomic E-state index is 12.5. The maximum absolute atomic E-state index is 12.5. The van der Waals surface area contributed by atoms with Crippen molar-refractivity contribution < 1.29 is 14.6 Å². The van der Waals surface area contributed by atoms with Gasteiger partial charge < -0.3 is 14.4 Å². The van der Waals surface area contributed by atoms with E-state index in [0.717, 1.165) is 22.6 Å². The molecule has 0 aliphatic rings. The Morgan fingerprint density at radius 2 is 1.75 bits per heavy atom. The monoisotopic (exact) mass is 425 g/mol. The number of hydrazone groups is 1. The highest BCUT2D eigenvalue weighted by Crippen LogP contribution is 2.27. The van der Waals surface area contributed by atoms with Crippen LogP contribution in [0.1, 0.15) is 21.6 Å². The molecule has 32 heavy (non-hydrogen) atoms. The Hall–Kier alpha value is -4.32. The van der Waals surface area contributed by atoms with Crippen LogP contribution in [0, 0.1) is 6.92 Å². The Bertz CT molecular complexity index is 1260. The third-order valence-electron chi connectivity index (χ3n) is 5.12. The third-order valence-corrected chi connectivity index (χ3v) is 5.12. The third kappa shape index (κ3) is 4.39. The first-order valence-electron chi connectivity index (χ1n) is 10.1. The smallest absolute Gasteiger partial charge is 0.271 e. The Labute approximate surface area is 186 Å². The quantitative estimate of drug-likeness (QED) is 0.340. The van der Waals surface area contributed by atoms with E-state index in [1.54, 1.807) is 24.3 Å². The van der Waals surface area contributed by atoms with Crippen molar-refractivity contribution in [3.8, 4) is 28.4 Å². The van der Waals surface area contributed by atoms with Gasteiger partial charge in [-0.2, -0.15) is 5.10 Å². The van der Waals surface area contributed by atoms with Gasteiger partial charge in [-0.1, -0.05) is 30.3 Å². The van der Waals surface area contributed by atoms with Gasteiger partial charge in [-0.15, -0.1) is 0 Å². The van der Waals surface area contributed by atoms with Gasteiger partial charge in [-0.25, -0.2) is 5.43 Å². The first-order valence-corrected chi connectivity index (χ1v) is 10.1. The largest absolute Gasteiger partial charge is 0.504 e. The molecule has 4 aromatic rings. The van der Waals surface area contributed by atoms with Gasteiger partial charge in [0.2, 0.25) is 0 Å². The summed E-state index contributed by atoms with van der Waals surface area (Å²) < 4.78 is 7.17. The molecule has 4 rings (SSSR count). The number of rotatable bonds is 6. The molecule has 0 aliphatic heterocycles. The zero-order chi connectivity index (χ0) is 22.5. The fourth-order valence-electron chi connectivity index (χ4n) is 3.49. The summed E-state index contributed by atoms with van der Waals surface area (Å²) >= 11 is 0. The molecule has 0 saturated carbocycles. The number of hydrogen-bond acceptors (Lipinski definition) is 4. The van der Waals surface area contributed by atoms with Gasteiger partial charge in [0, 0.05) is 16.9 Å². The molecule has 0 atom stereocenters. The highest BCUT2D eigenvalue weighted by Gasteiger charge is 2.11. The lowest BCUT2D eigenvalue weighted by atomic mass is 10.1. The molecule has 0 radical (unpaired) electrons. The summed E-state index contributed by atoms with van der Waals surface area (Å²) in [6.45, 7) is 2.05. The van der Waals surface area contributed by atoms with Crippen molar-refractivity contribution in [2.75, 3.05) is 7.11 Å². The fraction of sp³-hybridized carbons (Fsp3) is 0.0769. The Balaban J connectivity index is 1.48. The van der Waals surface area contributed by atoms with Gasteiger partial charge in [0.1, 0.15) is 0 Å². The molecule has 0 unspecified atom stereocenters. The number of ether oxygens (including phenoxy) is 1. The van der Waals surface area contributed by atoms with E-state index in [9.17, 15) is 9.90 Å². The number of nitrogens with zero attached hydrogens (tertiary/aromatic N) is 2. The average molecular weight is 425 g/mol. The number of nitrogens with one attached hydrogen (secondary N) is 1. The van der Waals surface area contributed by atoms with Crippen molar-refractivity contribution in [2.24, 2.45) is 5.10 Å². The molecule has 0 saturated heterocycles. The highest BCUT2D eigenvalue weighted by molar-refractivity contribution is 5.95. The zero-order valence-corrected chi connectivity index (χ0v) is 17.8. The lowest BCUT2D eigenvalue weighted by Gasteiger charge is -2.12. The number of benzene rings is 3. The van der Waals surface area contributed by atoms with Crippen LogP contribution in [0.2, 0.25) is 0 Å². The first-order chi connectivity index (χ1) is 15.6. The number of aromatic nitrogens is 1. The van der Waals surface area contributed by atoms with E-state index in [-0.39, 0.29) is 11.7 Å². The van der Waals surface area contributed by atoms with Crippen LogP contribution >= 0.6 is 0 Å². The first kappa shape index (κ1) is 20.9. The molecule has 1 aromatic heterocycles. The second kappa shape index (κ2) is 9.22. The van der Waals surface area contributed by atoms with E-state index in [1.165, 1.54) is 19.4 Å². The van der Waals surface area contributed by atoms with Crippen molar-refractivity contribution in [3.63, 3.8) is 0 Å². The molecular formula is C26H23N3O3. The van der Waals surface area contributed by atoms with Crippen molar-refractivity contribution in [2.45, 2.75) is 6.92 Å². The van der Waals surface area contributed by atoms with Crippen LogP contribution in [-0.2, 0) is 0 Å². The minimum absolute atomic E-state index is 0.00791. The van der Waals surface area contributed by atoms with Crippen molar-refractivity contribution in [1.29, 1.82) is 0 Å². The summed E-state index contributed by atoms with van der Waals surface area (Å²) in [5.41, 5.74) is 7.93. The minimum Gasteiger partial charge on any atom is -0.504 e. The predicted octanol–water partition coefficient (Wildman–Crippen LogP) is 4.93. The van der Waals surface area contributed by atoms with E-state index in [4.69, 9.17) is 4.74 Å². The van der Waals surface area contributed by atoms with Crippen LogP contribution in [0.4, 0.5) is 0 Å². The van der Waals surface area contributed by atoms with Crippen LogP contribution in [0.15, 0.2) is 90.0 Å². The molecule has 0 bridgehead atoms. The van der Waals surface area contributed by atoms with Gasteiger partial charge in [-0.05, 0) is 72.6 Å². The standard InChI is InChI=1S/C26H23N3O3/c1-18-8-14-23(20-6-4-3-5-7-20)29(18)22-12-10-21(11-13-22)26(31)28-27-17-19-9-15-25(32-2)24(30)16-19/h3-17,30H,1-2H3,(H,28,31)/b27-17+. The average Bonchev–Trinajstić information content (AvgIpc) is 3.21. The summed E-state index contributed by atoms with van der Waals surface area (Å²) in [5.74, 6) is 0.0613. The second-order valence-electron chi connectivity index (χ2n) is 7.24. The summed E-state index contributed by atoms with van der Waals surface area (Å²) in [6, 6.07) is 26.6. The lowest BCUT2D eigenvalue weighted by Crippen LogP contribution is -2.17. The number of aryl methyl sites for hydroxylation is 1. The van der Waals surface area contributed by atoms with E-state index in [0.29, 0.717) is 16.9 Å². The summed E-state index contributed by atoms with van der Waals surface area (Å²) in [6.07, 6.45) is 1.46. The van der Waals surface area contributed by atoms with Crippen molar-refractivity contribution in [3.05, 3.63) is 102 Å². The molecule has 3 aromatic carbocycles. The van der Waals surface area contributed by atoms with E-state index in [2.05, 4.69) is 46.3 Å². The Morgan fingerprint density at radius 3 is 2.44 bits per heavy atom. The molecule has 2 N–H and O–H groups in total. The van der Waals surface area contributed by atoms with Crippen molar-refractivity contribution >= 4 is 12.1 Å². The zero-order valence-electron chi connectivity index (χ0n) is 17.8. The summed E-state index contributed by atoms with van der Waals surface area (Å²) in [4.78, 5) is 12.5.